The Morgan fingerprint density at radius 2 is 1.81 bits per heavy atom. The molecular weight excluding hydrogens is 416 g/mol. The van der Waals surface area contributed by atoms with Crippen molar-refractivity contribution < 1.29 is 14.3 Å². The first-order valence-corrected chi connectivity index (χ1v) is 10.7. The lowest BCUT2D eigenvalue weighted by molar-refractivity contribution is -0.129. The van der Waals surface area contributed by atoms with Gasteiger partial charge in [0.05, 0.1) is 19.2 Å². The Bertz CT molecular complexity index is 1060. The maximum atomic E-state index is 12.8. The fourth-order valence-corrected chi connectivity index (χ4v) is 3.57. The van der Waals surface area contributed by atoms with Crippen LogP contribution in [-0.4, -0.2) is 52.9 Å². The van der Waals surface area contributed by atoms with E-state index in [1.54, 1.807) is 30.5 Å². The van der Waals surface area contributed by atoms with Gasteiger partial charge in [-0.3, -0.25) is 9.20 Å². The van der Waals surface area contributed by atoms with Gasteiger partial charge >= 0.3 is 5.97 Å². The molecule has 0 saturated heterocycles. The molecule has 0 saturated carbocycles. The van der Waals surface area contributed by atoms with Crippen molar-refractivity contribution in [2.45, 2.75) is 26.7 Å². The summed E-state index contributed by atoms with van der Waals surface area (Å²) in [5, 5.41) is 3.89. The van der Waals surface area contributed by atoms with Crippen LogP contribution >= 0.6 is 11.6 Å². The average Bonchev–Trinajstić information content (AvgIpc) is 3.14. The van der Waals surface area contributed by atoms with Gasteiger partial charge in [-0.1, -0.05) is 37.6 Å². The average molecular weight is 443 g/mol. The molecule has 0 atom stereocenters. The van der Waals surface area contributed by atoms with Crippen molar-refractivity contribution in [3.05, 3.63) is 53.2 Å². The van der Waals surface area contributed by atoms with Crippen LogP contribution < -0.4 is 5.32 Å². The molecule has 3 aromatic rings. The molecule has 2 aromatic heterocycles. The van der Waals surface area contributed by atoms with Crippen LogP contribution in [-0.2, 0) is 9.53 Å². The molecule has 0 aliphatic heterocycles. The summed E-state index contributed by atoms with van der Waals surface area (Å²) in [5.41, 5.74) is 2.50. The van der Waals surface area contributed by atoms with Crippen molar-refractivity contribution >= 4 is 34.9 Å². The van der Waals surface area contributed by atoms with Gasteiger partial charge in [0.1, 0.15) is 17.2 Å². The van der Waals surface area contributed by atoms with E-state index in [-0.39, 0.29) is 12.5 Å². The van der Waals surface area contributed by atoms with E-state index in [0.717, 1.165) is 31.5 Å². The second-order valence-electron chi connectivity index (χ2n) is 7.19. The smallest absolute Gasteiger partial charge is 0.338 e. The Kier molecular flexibility index (Phi) is 7.52. The molecule has 7 nitrogen and oxygen atoms in total. The molecule has 0 unspecified atom stereocenters. The molecule has 1 amide bonds. The van der Waals surface area contributed by atoms with E-state index in [1.807, 2.05) is 21.4 Å². The zero-order valence-corrected chi connectivity index (χ0v) is 18.8. The van der Waals surface area contributed by atoms with Crippen LogP contribution in [0.15, 0.2) is 42.6 Å². The van der Waals surface area contributed by atoms with Gasteiger partial charge < -0.3 is 15.0 Å². The second-order valence-corrected chi connectivity index (χ2v) is 7.62. The molecule has 0 aliphatic rings. The summed E-state index contributed by atoms with van der Waals surface area (Å²) in [4.78, 5) is 31.3. The molecule has 0 aliphatic carbocycles. The highest BCUT2D eigenvalue weighted by molar-refractivity contribution is 6.30. The Morgan fingerprint density at radius 1 is 1.13 bits per heavy atom. The largest absolute Gasteiger partial charge is 0.465 e. The first-order valence-electron chi connectivity index (χ1n) is 10.4. The zero-order valence-electron chi connectivity index (χ0n) is 18.0. The number of rotatable bonds is 9. The quantitative estimate of drug-likeness (QED) is 0.494. The highest BCUT2D eigenvalue weighted by Gasteiger charge is 2.18. The number of hydrogen-bond donors (Lipinski definition) is 1. The molecule has 2 heterocycles. The van der Waals surface area contributed by atoms with Gasteiger partial charge in [-0.05, 0) is 37.1 Å². The summed E-state index contributed by atoms with van der Waals surface area (Å²) in [5.74, 6) is 0.278. The number of nitrogens with zero attached hydrogens (tertiary/aromatic N) is 3. The number of pyridine rings is 1. The van der Waals surface area contributed by atoms with E-state index in [0.29, 0.717) is 27.7 Å². The third kappa shape index (κ3) is 5.17. The highest BCUT2D eigenvalue weighted by Crippen LogP contribution is 2.30. The number of carbonyl (C=O) groups is 2. The van der Waals surface area contributed by atoms with Gasteiger partial charge in [-0.15, -0.1) is 0 Å². The molecule has 0 bridgehead atoms. The Morgan fingerprint density at radius 3 is 2.42 bits per heavy atom. The minimum atomic E-state index is -0.432. The minimum absolute atomic E-state index is 0.0342. The van der Waals surface area contributed by atoms with Crippen molar-refractivity contribution in [2.24, 2.45) is 0 Å². The van der Waals surface area contributed by atoms with E-state index in [1.165, 1.54) is 7.11 Å². The molecule has 1 N–H and O–H groups in total. The normalized spacial score (nSPS) is 10.8. The molecule has 3 rings (SSSR count). The van der Waals surface area contributed by atoms with Crippen LogP contribution in [0.3, 0.4) is 0 Å². The number of ether oxygens (including phenoxy) is 1. The number of aromatic nitrogens is 2. The lowest BCUT2D eigenvalue weighted by Crippen LogP contribution is -2.36. The molecule has 0 radical (unpaired) electrons. The fourth-order valence-electron chi connectivity index (χ4n) is 3.44. The molecule has 8 heteroatoms. The van der Waals surface area contributed by atoms with Gasteiger partial charge in [0.15, 0.2) is 0 Å². The molecule has 31 heavy (non-hydrogen) atoms. The Hall–Kier alpha value is -3.06. The Labute approximate surface area is 187 Å². The third-order valence-corrected chi connectivity index (χ3v) is 5.16. The third-order valence-electron chi connectivity index (χ3n) is 4.91. The van der Waals surface area contributed by atoms with Crippen molar-refractivity contribution in [2.75, 3.05) is 32.1 Å². The summed E-state index contributed by atoms with van der Waals surface area (Å²) in [6, 6.07) is 10.7. The number of halogens is 1. The van der Waals surface area contributed by atoms with Crippen LogP contribution in [0.1, 0.15) is 37.0 Å². The topological polar surface area (TPSA) is 75.9 Å². The molecule has 164 valence electrons. The number of imidazole rings is 1. The van der Waals surface area contributed by atoms with Crippen LogP contribution in [0.25, 0.3) is 16.9 Å². The number of esters is 1. The van der Waals surface area contributed by atoms with Crippen molar-refractivity contribution in [1.29, 1.82) is 0 Å². The van der Waals surface area contributed by atoms with E-state index in [4.69, 9.17) is 21.3 Å². The van der Waals surface area contributed by atoms with Gasteiger partial charge in [0, 0.05) is 29.9 Å². The van der Waals surface area contributed by atoms with Gasteiger partial charge in [-0.25, -0.2) is 9.78 Å². The van der Waals surface area contributed by atoms with Crippen molar-refractivity contribution in [1.82, 2.24) is 14.3 Å². The predicted octanol–water partition coefficient (Wildman–Crippen LogP) is 4.50. The number of carbonyl (C=O) groups excluding carboxylic acids is 2. The summed E-state index contributed by atoms with van der Waals surface area (Å²) >= 11 is 6.04. The first kappa shape index (κ1) is 22.6. The van der Waals surface area contributed by atoms with Crippen LogP contribution in [0.4, 0.5) is 5.82 Å². The van der Waals surface area contributed by atoms with Crippen molar-refractivity contribution in [3.63, 3.8) is 0 Å². The molecular formula is C23H27ClN4O3. The summed E-state index contributed by atoms with van der Waals surface area (Å²) in [7, 11) is 1.34. The molecule has 0 spiro atoms. The monoisotopic (exact) mass is 442 g/mol. The van der Waals surface area contributed by atoms with E-state index in [2.05, 4.69) is 19.2 Å². The number of hydrogen-bond acceptors (Lipinski definition) is 5. The number of nitrogens with one attached hydrogen (secondary N) is 1. The maximum Gasteiger partial charge on any atom is 0.338 e. The lowest BCUT2D eigenvalue weighted by Gasteiger charge is -2.22. The lowest BCUT2D eigenvalue weighted by atomic mass is 10.1. The van der Waals surface area contributed by atoms with E-state index < -0.39 is 5.97 Å². The van der Waals surface area contributed by atoms with Gasteiger partial charge in [0.25, 0.3) is 0 Å². The van der Waals surface area contributed by atoms with Crippen LogP contribution in [0, 0.1) is 0 Å². The fraction of sp³-hybridized carbons (Fsp3) is 0.348. The predicted molar refractivity (Wildman–Crippen MR) is 123 cm³/mol. The van der Waals surface area contributed by atoms with E-state index in [9.17, 15) is 9.59 Å². The second kappa shape index (κ2) is 10.3. The molecule has 0 fully saturated rings. The first-order chi connectivity index (χ1) is 15.0. The van der Waals surface area contributed by atoms with Crippen molar-refractivity contribution in [3.8, 4) is 11.3 Å². The van der Waals surface area contributed by atoms with Gasteiger partial charge in [0.2, 0.25) is 5.91 Å². The molecule has 1 aromatic carbocycles. The number of fused-ring (bicyclic) bond motifs is 1. The maximum absolute atomic E-state index is 12.8. The number of methoxy groups -OCH3 is 1. The summed E-state index contributed by atoms with van der Waals surface area (Å²) < 4.78 is 6.64. The van der Waals surface area contributed by atoms with Crippen LogP contribution in [0.5, 0.6) is 0 Å². The Balaban J connectivity index is 1.98. The number of benzene rings is 1. The summed E-state index contributed by atoms with van der Waals surface area (Å²) in [6.07, 6.45) is 3.57. The minimum Gasteiger partial charge on any atom is -0.465 e. The SMILES string of the molecule is CCCN(CCC)C(=O)CNc1c(-c2ccc(Cl)cc2)nc2cc(C(=O)OC)ccn12. The van der Waals surface area contributed by atoms with Crippen LogP contribution in [0.2, 0.25) is 5.02 Å². The van der Waals surface area contributed by atoms with Gasteiger partial charge in [-0.2, -0.15) is 0 Å². The van der Waals surface area contributed by atoms with E-state index >= 15 is 0 Å². The number of anilines is 1. The zero-order chi connectivity index (χ0) is 22.4. The summed E-state index contributed by atoms with van der Waals surface area (Å²) in [6.45, 7) is 5.73. The number of amides is 1. The highest BCUT2D eigenvalue weighted by atomic mass is 35.5. The standard InChI is InChI=1S/C23H27ClN4O3/c1-4-11-27(12-5-2)20(29)15-25-22-21(16-6-8-18(24)9-7-16)26-19-14-17(23(30)31-3)10-13-28(19)22/h6-10,13-14,25H,4-5,11-12,15H2,1-3H3.